The molecule has 4 nitrogen and oxygen atoms in total. The lowest BCUT2D eigenvalue weighted by molar-refractivity contribution is 0.0689. The van der Waals surface area contributed by atoms with Gasteiger partial charge in [-0.1, -0.05) is 37.6 Å². The summed E-state index contributed by atoms with van der Waals surface area (Å²) in [6, 6.07) is 7.26. The Hall–Kier alpha value is -1.08. The van der Waals surface area contributed by atoms with Crippen LogP contribution in [0.2, 0.25) is 5.02 Å². The molecule has 1 N–H and O–H groups in total. The van der Waals surface area contributed by atoms with E-state index < -0.39 is 5.97 Å². The lowest BCUT2D eigenvalue weighted by Gasteiger charge is -2.11. The van der Waals surface area contributed by atoms with Gasteiger partial charge in [-0.3, -0.25) is 0 Å². The van der Waals surface area contributed by atoms with Crippen molar-refractivity contribution in [2.24, 2.45) is 0 Å². The van der Waals surface area contributed by atoms with Crippen LogP contribution in [-0.4, -0.2) is 20.9 Å². The van der Waals surface area contributed by atoms with Crippen molar-refractivity contribution in [3.8, 4) is 5.69 Å². The van der Waals surface area contributed by atoms with Crippen LogP contribution in [-0.2, 0) is 0 Å². The predicted molar refractivity (Wildman–Crippen MR) is 82.3 cm³/mol. The second-order valence-corrected chi connectivity index (χ2v) is 5.86. The second kappa shape index (κ2) is 5.50. The van der Waals surface area contributed by atoms with Crippen molar-refractivity contribution >= 4 is 40.2 Å². The highest BCUT2D eigenvalue weighted by Gasteiger charge is 2.24. The Bertz CT molecular complexity index is 638. The van der Waals surface area contributed by atoms with Crippen molar-refractivity contribution in [3.63, 3.8) is 0 Å². The van der Waals surface area contributed by atoms with E-state index in [4.69, 9.17) is 11.6 Å². The number of aromatic carboxylic acids is 1. The zero-order valence-electron chi connectivity index (χ0n) is 10.4. The Balaban J connectivity index is 2.73. The fraction of sp³-hybridized carbons (Fsp3) is 0.231. The van der Waals surface area contributed by atoms with Gasteiger partial charge in [-0.25, -0.2) is 9.48 Å². The van der Waals surface area contributed by atoms with E-state index in [1.807, 2.05) is 54.6 Å². The summed E-state index contributed by atoms with van der Waals surface area (Å²) in [7, 11) is 0. The van der Waals surface area contributed by atoms with Crippen molar-refractivity contribution in [1.82, 2.24) is 9.78 Å². The van der Waals surface area contributed by atoms with Crippen LogP contribution in [0.25, 0.3) is 5.69 Å². The summed E-state index contributed by atoms with van der Waals surface area (Å²) in [6.07, 6.45) is 0. The lowest BCUT2D eigenvalue weighted by Crippen LogP contribution is -2.05. The highest BCUT2D eigenvalue weighted by molar-refractivity contribution is 14.1. The molecule has 19 heavy (non-hydrogen) atoms. The molecule has 0 saturated carbocycles. The number of nitrogens with zero attached hydrogens (tertiary/aromatic N) is 2. The molecule has 2 rings (SSSR count). The first-order valence-electron chi connectivity index (χ1n) is 5.70. The van der Waals surface area contributed by atoms with Crippen LogP contribution in [0.4, 0.5) is 0 Å². The average molecular weight is 391 g/mol. The Morgan fingerprint density at radius 2 is 2.05 bits per heavy atom. The minimum absolute atomic E-state index is 0.0595. The molecule has 0 aliphatic heterocycles. The second-order valence-electron chi connectivity index (χ2n) is 4.37. The summed E-state index contributed by atoms with van der Waals surface area (Å²) in [4.78, 5) is 11.2. The number of benzene rings is 1. The van der Waals surface area contributed by atoms with Crippen LogP contribution in [0.1, 0.15) is 35.9 Å². The van der Waals surface area contributed by atoms with Crippen LogP contribution >= 0.6 is 34.2 Å². The summed E-state index contributed by atoms with van der Waals surface area (Å²) in [5.74, 6) is -0.888. The maximum Gasteiger partial charge on any atom is 0.357 e. The number of carboxylic acids is 1. The van der Waals surface area contributed by atoms with Gasteiger partial charge in [0.25, 0.3) is 0 Å². The summed E-state index contributed by atoms with van der Waals surface area (Å²) in [6.45, 7) is 4.00. The molecule has 100 valence electrons. The molecule has 1 aromatic heterocycles. The smallest absolute Gasteiger partial charge is 0.357 e. The van der Waals surface area contributed by atoms with Crippen LogP contribution in [0.15, 0.2) is 24.3 Å². The van der Waals surface area contributed by atoms with Crippen LogP contribution in [0.5, 0.6) is 0 Å². The zero-order chi connectivity index (χ0) is 14.2. The number of carboxylic acid groups (broad SMARTS) is 1. The third-order valence-electron chi connectivity index (χ3n) is 2.69. The quantitative estimate of drug-likeness (QED) is 0.807. The molecule has 0 unspecified atom stereocenters. The van der Waals surface area contributed by atoms with Crippen molar-refractivity contribution in [2.75, 3.05) is 0 Å². The molecule has 0 bridgehead atoms. The molecule has 0 saturated heterocycles. The van der Waals surface area contributed by atoms with Crippen LogP contribution in [0, 0.1) is 3.57 Å². The zero-order valence-corrected chi connectivity index (χ0v) is 13.3. The standard InChI is InChI=1S/C13H12ClIN2O2/c1-7(2)12-10(15)11(13(18)19)16-17(12)9-6-4-3-5-8(9)14/h3-7H,1-2H3,(H,18,19). The van der Waals surface area contributed by atoms with Gasteiger partial charge in [0.05, 0.1) is 20.0 Å². The molecule has 0 fully saturated rings. The van der Waals surface area contributed by atoms with E-state index in [1.54, 1.807) is 10.7 Å². The number of para-hydroxylation sites is 1. The normalized spacial score (nSPS) is 11.0. The highest BCUT2D eigenvalue weighted by atomic mass is 127. The fourth-order valence-corrected chi connectivity index (χ4v) is 3.26. The molecule has 2 aromatic rings. The number of aromatic nitrogens is 2. The van der Waals surface area contributed by atoms with Crippen molar-refractivity contribution in [3.05, 3.63) is 44.2 Å². The third-order valence-corrected chi connectivity index (χ3v) is 4.07. The SMILES string of the molecule is CC(C)c1c(I)c(C(=O)O)nn1-c1ccccc1Cl. The van der Waals surface area contributed by atoms with Crippen LogP contribution < -0.4 is 0 Å². The molecule has 1 heterocycles. The molecular formula is C13H12ClIN2O2. The van der Waals surface area contributed by atoms with E-state index in [2.05, 4.69) is 5.10 Å². The van der Waals surface area contributed by atoms with Gasteiger partial charge in [0.2, 0.25) is 0 Å². The first kappa shape index (κ1) is 14.3. The molecule has 6 heteroatoms. The first-order chi connectivity index (χ1) is 8.93. The molecule has 0 aliphatic rings. The summed E-state index contributed by atoms with van der Waals surface area (Å²) in [5, 5.41) is 13.9. The lowest BCUT2D eigenvalue weighted by atomic mass is 10.1. The number of rotatable bonds is 3. The van der Waals surface area contributed by atoms with E-state index >= 15 is 0 Å². The Labute approximate surface area is 129 Å². The van der Waals surface area contributed by atoms with Gasteiger partial charge in [0.1, 0.15) is 0 Å². The maximum absolute atomic E-state index is 11.2. The number of hydrogen-bond donors (Lipinski definition) is 1. The number of halogens is 2. The van der Waals surface area contributed by atoms with Gasteiger partial charge in [-0.15, -0.1) is 0 Å². The average Bonchev–Trinajstić information content (AvgIpc) is 2.67. The van der Waals surface area contributed by atoms with E-state index in [9.17, 15) is 9.90 Å². The molecule has 0 aliphatic carbocycles. The van der Waals surface area contributed by atoms with E-state index in [1.165, 1.54) is 0 Å². The predicted octanol–water partition coefficient (Wildman–Crippen LogP) is 3.95. The largest absolute Gasteiger partial charge is 0.476 e. The molecule has 0 amide bonds. The maximum atomic E-state index is 11.2. The molecule has 0 atom stereocenters. The summed E-state index contributed by atoms with van der Waals surface area (Å²) < 4.78 is 2.28. The van der Waals surface area contributed by atoms with E-state index in [0.717, 1.165) is 5.69 Å². The van der Waals surface area contributed by atoms with Gasteiger partial charge in [0.15, 0.2) is 5.69 Å². The Morgan fingerprint density at radius 3 is 2.58 bits per heavy atom. The Kier molecular flexibility index (Phi) is 4.15. The highest BCUT2D eigenvalue weighted by Crippen LogP contribution is 2.29. The van der Waals surface area contributed by atoms with E-state index in [-0.39, 0.29) is 11.6 Å². The van der Waals surface area contributed by atoms with Gasteiger partial charge >= 0.3 is 5.97 Å². The molecule has 0 spiro atoms. The minimum Gasteiger partial charge on any atom is -0.476 e. The number of hydrogen-bond acceptors (Lipinski definition) is 2. The van der Waals surface area contributed by atoms with Crippen molar-refractivity contribution in [2.45, 2.75) is 19.8 Å². The van der Waals surface area contributed by atoms with Crippen molar-refractivity contribution in [1.29, 1.82) is 0 Å². The monoisotopic (exact) mass is 390 g/mol. The fourth-order valence-electron chi connectivity index (χ4n) is 1.85. The third kappa shape index (κ3) is 2.62. The van der Waals surface area contributed by atoms with Gasteiger partial charge in [-0.2, -0.15) is 5.10 Å². The number of carbonyl (C=O) groups is 1. The van der Waals surface area contributed by atoms with Crippen LogP contribution in [0.3, 0.4) is 0 Å². The molecule has 0 radical (unpaired) electrons. The summed E-state index contributed by atoms with van der Waals surface area (Å²) in [5.41, 5.74) is 1.61. The first-order valence-corrected chi connectivity index (χ1v) is 7.15. The van der Waals surface area contributed by atoms with Gasteiger partial charge < -0.3 is 5.11 Å². The topological polar surface area (TPSA) is 55.1 Å². The van der Waals surface area contributed by atoms with Crippen molar-refractivity contribution < 1.29 is 9.90 Å². The van der Waals surface area contributed by atoms with Gasteiger partial charge in [0, 0.05) is 0 Å². The minimum atomic E-state index is -1.03. The van der Waals surface area contributed by atoms with E-state index in [0.29, 0.717) is 14.3 Å². The van der Waals surface area contributed by atoms with Gasteiger partial charge in [-0.05, 0) is 40.6 Å². The molecule has 1 aromatic carbocycles. The summed E-state index contributed by atoms with van der Waals surface area (Å²) >= 11 is 8.19. The Morgan fingerprint density at radius 1 is 1.42 bits per heavy atom. The molecular weight excluding hydrogens is 379 g/mol.